The number of rotatable bonds is 7. The van der Waals surface area contributed by atoms with Crippen LogP contribution in [0.15, 0.2) is 33.8 Å². The summed E-state index contributed by atoms with van der Waals surface area (Å²) in [6.07, 6.45) is 0. The molecule has 0 aliphatic rings. The molecule has 0 bridgehead atoms. The first-order valence-corrected chi connectivity index (χ1v) is 8.17. The van der Waals surface area contributed by atoms with Gasteiger partial charge in [0.15, 0.2) is 11.8 Å². The van der Waals surface area contributed by atoms with Gasteiger partial charge in [-0.25, -0.2) is 0 Å². The summed E-state index contributed by atoms with van der Waals surface area (Å²) < 4.78 is 4.95. The topological polar surface area (TPSA) is 78.6 Å². The van der Waals surface area contributed by atoms with Gasteiger partial charge in [-0.15, -0.1) is 24.0 Å². The van der Waals surface area contributed by atoms with Crippen LogP contribution in [-0.4, -0.2) is 42.8 Å². The summed E-state index contributed by atoms with van der Waals surface area (Å²) in [6, 6.07) is 8.55. The average Bonchev–Trinajstić information content (AvgIpc) is 3.00. The summed E-state index contributed by atoms with van der Waals surface area (Å²) in [4.78, 5) is 10.7. The number of hydrogen-bond donors (Lipinski definition) is 2. The fourth-order valence-corrected chi connectivity index (χ4v) is 2.40. The molecule has 1 aromatic heterocycles. The van der Waals surface area contributed by atoms with E-state index >= 15 is 0 Å². The van der Waals surface area contributed by atoms with E-state index in [0.29, 0.717) is 18.3 Å². The first kappa shape index (κ1) is 21.2. The summed E-state index contributed by atoms with van der Waals surface area (Å²) in [7, 11) is 1.74. The normalized spacial score (nSPS) is 11.0. The van der Waals surface area contributed by atoms with E-state index in [-0.39, 0.29) is 24.0 Å². The maximum absolute atomic E-state index is 4.95. The van der Waals surface area contributed by atoms with Crippen molar-refractivity contribution in [2.24, 2.45) is 4.99 Å². The van der Waals surface area contributed by atoms with E-state index in [1.54, 1.807) is 14.0 Å². The van der Waals surface area contributed by atoms with E-state index < -0.39 is 0 Å². The summed E-state index contributed by atoms with van der Waals surface area (Å²) in [5.74, 6) is 1.90. The molecule has 2 rings (SSSR count). The van der Waals surface area contributed by atoms with Gasteiger partial charge in [-0.1, -0.05) is 17.3 Å². The lowest BCUT2D eigenvalue weighted by Crippen LogP contribution is -2.41. The van der Waals surface area contributed by atoms with Gasteiger partial charge in [-0.3, -0.25) is 4.99 Å². The van der Waals surface area contributed by atoms with Crippen LogP contribution in [-0.2, 0) is 6.54 Å². The Morgan fingerprint density at radius 2 is 2.08 bits per heavy atom. The number of benzene rings is 1. The third kappa shape index (κ3) is 6.89. The standard InChI is InChI=1S/C17H26N6O.HI/c1-5-23(15-8-6-7-13(2)11-15)10-9-19-17(18-4)20-12-16-21-14(3)24-22-16;/h6-8,11H,5,9-10,12H2,1-4H3,(H2,18,19,20);1H. The van der Waals surface area contributed by atoms with E-state index in [2.05, 4.69) is 68.8 Å². The second-order valence-electron chi connectivity index (χ2n) is 5.50. The summed E-state index contributed by atoms with van der Waals surface area (Å²) in [5, 5.41) is 10.3. The van der Waals surface area contributed by atoms with Gasteiger partial charge < -0.3 is 20.1 Å². The molecule has 1 aromatic carbocycles. The summed E-state index contributed by atoms with van der Waals surface area (Å²) in [6.45, 7) is 9.16. The van der Waals surface area contributed by atoms with Gasteiger partial charge in [0, 0.05) is 39.3 Å². The van der Waals surface area contributed by atoms with Gasteiger partial charge >= 0.3 is 0 Å². The number of guanidine groups is 1. The van der Waals surface area contributed by atoms with Crippen molar-refractivity contribution in [2.45, 2.75) is 27.3 Å². The number of nitrogens with zero attached hydrogens (tertiary/aromatic N) is 4. The van der Waals surface area contributed by atoms with Crippen molar-refractivity contribution >= 4 is 35.6 Å². The number of aromatic nitrogens is 2. The maximum Gasteiger partial charge on any atom is 0.223 e. The van der Waals surface area contributed by atoms with Gasteiger partial charge in [0.1, 0.15) is 0 Å². The Labute approximate surface area is 166 Å². The zero-order chi connectivity index (χ0) is 17.4. The Kier molecular flexibility index (Phi) is 9.25. The molecule has 25 heavy (non-hydrogen) atoms. The van der Waals surface area contributed by atoms with E-state index in [1.165, 1.54) is 11.3 Å². The van der Waals surface area contributed by atoms with E-state index in [1.807, 2.05) is 0 Å². The Balaban J connectivity index is 0.00000312. The molecular formula is C17H27IN6O. The van der Waals surface area contributed by atoms with Gasteiger partial charge in [-0.05, 0) is 31.5 Å². The average molecular weight is 458 g/mol. The first-order valence-electron chi connectivity index (χ1n) is 8.17. The monoisotopic (exact) mass is 458 g/mol. The molecule has 0 spiro atoms. The minimum absolute atomic E-state index is 0. The molecule has 0 aliphatic carbocycles. The number of aryl methyl sites for hydroxylation is 2. The van der Waals surface area contributed by atoms with Crippen LogP contribution >= 0.6 is 24.0 Å². The van der Waals surface area contributed by atoms with Crippen molar-refractivity contribution in [2.75, 3.05) is 31.6 Å². The van der Waals surface area contributed by atoms with Crippen molar-refractivity contribution in [3.05, 3.63) is 41.5 Å². The highest BCUT2D eigenvalue weighted by Crippen LogP contribution is 2.14. The van der Waals surface area contributed by atoms with Crippen LogP contribution in [0, 0.1) is 13.8 Å². The van der Waals surface area contributed by atoms with Crippen molar-refractivity contribution in [1.82, 2.24) is 20.8 Å². The third-order valence-electron chi connectivity index (χ3n) is 3.63. The highest BCUT2D eigenvalue weighted by atomic mass is 127. The molecule has 0 amide bonds. The lowest BCUT2D eigenvalue weighted by molar-refractivity contribution is 0.387. The number of halogens is 1. The molecule has 0 radical (unpaired) electrons. The number of aliphatic imine (C=N–C) groups is 1. The molecule has 0 saturated heterocycles. The van der Waals surface area contributed by atoms with Crippen LogP contribution < -0.4 is 15.5 Å². The fraction of sp³-hybridized carbons (Fsp3) is 0.471. The lowest BCUT2D eigenvalue weighted by Gasteiger charge is -2.24. The van der Waals surface area contributed by atoms with Crippen molar-refractivity contribution in [1.29, 1.82) is 0 Å². The number of hydrogen-bond acceptors (Lipinski definition) is 5. The number of likely N-dealkylation sites (N-methyl/N-ethyl adjacent to an activating group) is 1. The van der Waals surface area contributed by atoms with E-state index in [4.69, 9.17) is 4.52 Å². The van der Waals surface area contributed by atoms with Crippen LogP contribution in [0.4, 0.5) is 5.69 Å². The van der Waals surface area contributed by atoms with Gasteiger partial charge in [-0.2, -0.15) is 4.98 Å². The summed E-state index contributed by atoms with van der Waals surface area (Å²) in [5.41, 5.74) is 2.51. The Bertz CT molecular complexity index is 673. The molecule has 2 aromatic rings. The molecule has 0 atom stereocenters. The minimum atomic E-state index is 0. The molecule has 8 heteroatoms. The van der Waals surface area contributed by atoms with Crippen molar-refractivity contribution in [3.63, 3.8) is 0 Å². The highest BCUT2D eigenvalue weighted by molar-refractivity contribution is 14.0. The smallest absolute Gasteiger partial charge is 0.223 e. The zero-order valence-electron chi connectivity index (χ0n) is 15.2. The Hall–Kier alpha value is -1.84. The van der Waals surface area contributed by atoms with Crippen LogP contribution in [0.3, 0.4) is 0 Å². The molecule has 0 aliphatic heterocycles. The molecule has 2 N–H and O–H groups in total. The fourth-order valence-electron chi connectivity index (χ4n) is 2.40. The van der Waals surface area contributed by atoms with Crippen LogP contribution in [0.1, 0.15) is 24.2 Å². The molecule has 0 unspecified atom stereocenters. The van der Waals surface area contributed by atoms with Crippen molar-refractivity contribution < 1.29 is 4.52 Å². The lowest BCUT2D eigenvalue weighted by atomic mass is 10.2. The molecule has 138 valence electrons. The maximum atomic E-state index is 4.95. The SMILES string of the molecule is CCN(CCNC(=NC)NCc1noc(C)n1)c1cccc(C)c1.I. The largest absolute Gasteiger partial charge is 0.370 e. The van der Waals surface area contributed by atoms with Crippen LogP contribution in [0.25, 0.3) is 0 Å². The van der Waals surface area contributed by atoms with Gasteiger partial charge in [0.25, 0.3) is 0 Å². The van der Waals surface area contributed by atoms with Crippen LogP contribution in [0.5, 0.6) is 0 Å². The Morgan fingerprint density at radius 3 is 2.68 bits per heavy atom. The summed E-state index contributed by atoms with van der Waals surface area (Å²) >= 11 is 0. The number of anilines is 1. The molecule has 0 fully saturated rings. The molecular weight excluding hydrogens is 431 g/mol. The van der Waals surface area contributed by atoms with Gasteiger partial charge in [0.05, 0.1) is 6.54 Å². The van der Waals surface area contributed by atoms with E-state index in [9.17, 15) is 0 Å². The minimum Gasteiger partial charge on any atom is -0.370 e. The van der Waals surface area contributed by atoms with Crippen LogP contribution in [0.2, 0.25) is 0 Å². The zero-order valence-corrected chi connectivity index (χ0v) is 17.6. The highest BCUT2D eigenvalue weighted by Gasteiger charge is 2.06. The van der Waals surface area contributed by atoms with Gasteiger partial charge in [0.2, 0.25) is 5.89 Å². The Morgan fingerprint density at radius 1 is 1.28 bits per heavy atom. The van der Waals surface area contributed by atoms with E-state index in [0.717, 1.165) is 25.6 Å². The second-order valence-corrected chi connectivity index (χ2v) is 5.50. The predicted octanol–water partition coefficient (Wildman–Crippen LogP) is 2.50. The van der Waals surface area contributed by atoms with Crippen molar-refractivity contribution in [3.8, 4) is 0 Å². The number of nitrogens with one attached hydrogen (secondary N) is 2. The quantitative estimate of drug-likeness (QED) is 0.377. The molecule has 1 heterocycles. The second kappa shape index (κ2) is 10.9. The molecule has 7 nitrogen and oxygen atoms in total. The third-order valence-corrected chi connectivity index (χ3v) is 3.63. The first-order chi connectivity index (χ1) is 11.6. The predicted molar refractivity (Wildman–Crippen MR) is 112 cm³/mol. The molecule has 0 saturated carbocycles.